The van der Waals surface area contributed by atoms with E-state index >= 15 is 0 Å². The summed E-state index contributed by atoms with van der Waals surface area (Å²) in [5, 5.41) is 5.80. The van der Waals surface area contributed by atoms with Gasteiger partial charge in [0.15, 0.2) is 0 Å². The zero-order valence-corrected chi connectivity index (χ0v) is 21.6. The Morgan fingerprint density at radius 1 is 0.700 bits per heavy atom. The van der Waals surface area contributed by atoms with Gasteiger partial charge in [0.25, 0.3) is 23.6 Å². The predicted octanol–water partition coefficient (Wildman–Crippen LogP) is 1.95. The summed E-state index contributed by atoms with van der Waals surface area (Å²) in [6.07, 6.45) is 4.52. The van der Waals surface area contributed by atoms with Crippen LogP contribution in [0.1, 0.15) is 29.9 Å². The third kappa shape index (κ3) is 5.06. The van der Waals surface area contributed by atoms with E-state index in [0.29, 0.717) is 18.0 Å². The molecule has 11 nitrogen and oxygen atoms in total. The SMILES string of the molecule is COCC1c2cccc(NC(=O)CCN3C(=O)C=CC3=O)c2-c2c(NC(=O)CCN3C(=O)C=CC3=O)cccc21. The molecule has 2 heterocycles. The van der Waals surface area contributed by atoms with E-state index in [4.69, 9.17) is 4.74 Å². The van der Waals surface area contributed by atoms with Crippen molar-refractivity contribution in [2.24, 2.45) is 0 Å². The second kappa shape index (κ2) is 11.1. The molecule has 204 valence electrons. The number of ether oxygens (including phenoxy) is 1. The van der Waals surface area contributed by atoms with Gasteiger partial charge >= 0.3 is 0 Å². The quantitative estimate of drug-likeness (QED) is 0.437. The summed E-state index contributed by atoms with van der Waals surface area (Å²) in [5.41, 5.74) is 4.30. The number of carbonyl (C=O) groups excluding carboxylic acids is 6. The first-order chi connectivity index (χ1) is 19.3. The fourth-order valence-corrected chi connectivity index (χ4v) is 5.16. The van der Waals surface area contributed by atoms with Gasteiger partial charge in [-0.25, -0.2) is 0 Å². The van der Waals surface area contributed by atoms with Crippen molar-refractivity contribution in [1.82, 2.24) is 9.80 Å². The molecule has 2 aromatic carbocycles. The first-order valence-corrected chi connectivity index (χ1v) is 12.7. The van der Waals surface area contributed by atoms with E-state index < -0.39 is 23.6 Å². The van der Waals surface area contributed by atoms with E-state index in [-0.39, 0.29) is 43.7 Å². The number of anilines is 2. The zero-order chi connectivity index (χ0) is 28.4. The third-order valence-corrected chi connectivity index (χ3v) is 7.00. The number of nitrogens with one attached hydrogen (secondary N) is 2. The smallest absolute Gasteiger partial charge is 0.253 e. The molecular formula is C29H26N4O7. The molecule has 0 atom stereocenters. The fraction of sp³-hybridized carbons (Fsp3) is 0.241. The van der Waals surface area contributed by atoms with Crippen LogP contribution in [0.5, 0.6) is 0 Å². The van der Waals surface area contributed by atoms with Crippen LogP contribution in [0, 0.1) is 0 Å². The van der Waals surface area contributed by atoms with Gasteiger partial charge in [-0.3, -0.25) is 38.6 Å². The van der Waals surface area contributed by atoms with Gasteiger partial charge in [-0.05, 0) is 23.3 Å². The molecule has 1 aliphatic carbocycles. The highest BCUT2D eigenvalue weighted by Crippen LogP contribution is 2.51. The molecule has 2 aliphatic heterocycles. The lowest BCUT2D eigenvalue weighted by Crippen LogP contribution is -2.33. The Kier molecular flexibility index (Phi) is 7.39. The van der Waals surface area contributed by atoms with Crippen LogP contribution in [0.15, 0.2) is 60.7 Å². The van der Waals surface area contributed by atoms with Crippen LogP contribution in [-0.4, -0.2) is 72.0 Å². The second-order valence-corrected chi connectivity index (χ2v) is 9.47. The van der Waals surface area contributed by atoms with E-state index in [1.807, 2.05) is 24.3 Å². The second-order valence-electron chi connectivity index (χ2n) is 9.47. The molecule has 40 heavy (non-hydrogen) atoms. The molecule has 0 saturated heterocycles. The number of imide groups is 2. The normalized spacial score (nSPS) is 15.7. The van der Waals surface area contributed by atoms with Gasteiger partial charge in [-0.1, -0.05) is 24.3 Å². The van der Waals surface area contributed by atoms with Crippen LogP contribution in [0.2, 0.25) is 0 Å². The van der Waals surface area contributed by atoms with Gasteiger partial charge in [0, 0.05) is 85.8 Å². The Labute approximate surface area is 229 Å². The van der Waals surface area contributed by atoms with Crippen molar-refractivity contribution in [2.45, 2.75) is 18.8 Å². The molecule has 0 spiro atoms. The van der Waals surface area contributed by atoms with Crippen molar-refractivity contribution in [3.05, 3.63) is 71.8 Å². The van der Waals surface area contributed by atoms with Crippen molar-refractivity contribution in [2.75, 3.05) is 37.4 Å². The van der Waals surface area contributed by atoms with Crippen LogP contribution >= 0.6 is 0 Å². The molecule has 11 heteroatoms. The Balaban J connectivity index is 1.38. The van der Waals surface area contributed by atoms with Crippen LogP contribution in [0.3, 0.4) is 0 Å². The molecule has 0 bridgehead atoms. The highest BCUT2D eigenvalue weighted by atomic mass is 16.5. The summed E-state index contributed by atoms with van der Waals surface area (Å²) >= 11 is 0. The first-order valence-electron chi connectivity index (χ1n) is 12.7. The fourth-order valence-electron chi connectivity index (χ4n) is 5.16. The molecule has 2 aromatic rings. The van der Waals surface area contributed by atoms with E-state index in [1.54, 1.807) is 19.2 Å². The summed E-state index contributed by atoms with van der Waals surface area (Å²) in [5.74, 6) is -2.73. The maximum atomic E-state index is 12.9. The maximum absolute atomic E-state index is 12.9. The van der Waals surface area contributed by atoms with Crippen molar-refractivity contribution in [3.63, 3.8) is 0 Å². The first kappa shape index (κ1) is 26.7. The van der Waals surface area contributed by atoms with E-state index in [0.717, 1.165) is 32.1 Å². The molecule has 0 unspecified atom stereocenters. The number of nitrogens with zero attached hydrogens (tertiary/aromatic N) is 2. The summed E-state index contributed by atoms with van der Waals surface area (Å²) < 4.78 is 5.49. The zero-order valence-electron chi connectivity index (χ0n) is 21.6. The largest absolute Gasteiger partial charge is 0.384 e. The van der Waals surface area contributed by atoms with Crippen molar-refractivity contribution in [3.8, 4) is 11.1 Å². The minimum atomic E-state index is -0.454. The summed E-state index contributed by atoms with van der Waals surface area (Å²) in [4.78, 5) is 75.1. The van der Waals surface area contributed by atoms with Gasteiger partial charge in [-0.2, -0.15) is 0 Å². The summed E-state index contributed by atoms with van der Waals surface area (Å²) in [7, 11) is 1.60. The lowest BCUT2D eigenvalue weighted by Gasteiger charge is -2.17. The molecule has 5 rings (SSSR count). The lowest BCUT2D eigenvalue weighted by atomic mass is 9.97. The molecule has 0 radical (unpaired) electrons. The molecule has 0 fully saturated rings. The van der Waals surface area contributed by atoms with Gasteiger partial charge < -0.3 is 15.4 Å². The highest BCUT2D eigenvalue weighted by molar-refractivity contribution is 6.14. The molecule has 2 N–H and O–H groups in total. The molecule has 3 aliphatic rings. The van der Waals surface area contributed by atoms with E-state index in [2.05, 4.69) is 10.6 Å². The summed E-state index contributed by atoms with van der Waals surface area (Å²) in [6.45, 7) is 0.272. The highest BCUT2D eigenvalue weighted by Gasteiger charge is 2.33. The average Bonchev–Trinajstić information content (AvgIpc) is 3.55. The Hall–Kier alpha value is -4.90. The van der Waals surface area contributed by atoms with Gasteiger partial charge in [0.05, 0.1) is 6.61 Å². The van der Waals surface area contributed by atoms with Gasteiger partial charge in [0.2, 0.25) is 11.8 Å². The van der Waals surface area contributed by atoms with Gasteiger partial charge in [-0.15, -0.1) is 0 Å². The maximum Gasteiger partial charge on any atom is 0.253 e. The number of hydrogen-bond donors (Lipinski definition) is 2. The number of methoxy groups -OCH3 is 1. The summed E-state index contributed by atoms with van der Waals surface area (Å²) in [6, 6.07) is 11.0. The minimum absolute atomic E-state index is 0.0484. The van der Waals surface area contributed by atoms with E-state index in [9.17, 15) is 28.8 Å². The van der Waals surface area contributed by atoms with Crippen LogP contribution in [0.4, 0.5) is 11.4 Å². The van der Waals surface area contributed by atoms with Crippen LogP contribution in [-0.2, 0) is 33.5 Å². The monoisotopic (exact) mass is 542 g/mol. The Morgan fingerprint density at radius 3 is 1.48 bits per heavy atom. The topological polar surface area (TPSA) is 142 Å². The number of hydrogen-bond acceptors (Lipinski definition) is 7. The third-order valence-electron chi connectivity index (χ3n) is 7.00. The number of benzene rings is 2. The molecular weight excluding hydrogens is 516 g/mol. The minimum Gasteiger partial charge on any atom is -0.384 e. The molecule has 0 saturated carbocycles. The number of rotatable bonds is 10. The van der Waals surface area contributed by atoms with Crippen molar-refractivity contribution < 1.29 is 33.5 Å². The van der Waals surface area contributed by atoms with Crippen LogP contribution in [0.25, 0.3) is 11.1 Å². The molecule has 0 aromatic heterocycles. The number of fused-ring (bicyclic) bond motifs is 3. The predicted molar refractivity (Wildman–Crippen MR) is 144 cm³/mol. The number of amides is 6. The van der Waals surface area contributed by atoms with E-state index in [1.165, 1.54) is 24.3 Å². The standard InChI is InChI=1S/C29H26N4O7/c1-40-16-19-17-4-2-6-20(30-22(34)12-14-32-24(36)8-9-25(32)37)28(17)29-18(19)5-3-7-21(29)31-23(35)13-15-33-26(38)10-11-27(33)39/h2-11,19H,12-16H2,1H3,(H,30,34)(H,31,35). The Bertz CT molecular complexity index is 1360. The van der Waals surface area contributed by atoms with Crippen LogP contribution < -0.4 is 10.6 Å². The average molecular weight is 543 g/mol. The lowest BCUT2D eigenvalue weighted by molar-refractivity contribution is -0.138. The van der Waals surface area contributed by atoms with Crippen molar-refractivity contribution >= 4 is 46.8 Å². The van der Waals surface area contributed by atoms with Gasteiger partial charge in [0.1, 0.15) is 0 Å². The molecule has 6 amide bonds. The Morgan fingerprint density at radius 2 is 1.10 bits per heavy atom. The number of carbonyl (C=O) groups is 6. The van der Waals surface area contributed by atoms with Crippen molar-refractivity contribution in [1.29, 1.82) is 0 Å².